The van der Waals surface area contributed by atoms with Crippen LogP contribution in [0.25, 0.3) is 10.4 Å². The van der Waals surface area contributed by atoms with Crippen molar-refractivity contribution < 1.29 is 9.53 Å². The molecule has 2 aromatic rings. The number of aldehydes is 1. The largest absolute Gasteiger partial charge is 0.457 e. The van der Waals surface area contributed by atoms with Gasteiger partial charge in [0.05, 0.1) is 5.56 Å². The first-order chi connectivity index (χ1) is 9.22. The van der Waals surface area contributed by atoms with Gasteiger partial charge in [0.25, 0.3) is 0 Å². The molecule has 2 aromatic carbocycles. The lowest BCUT2D eigenvalue weighted by atomic mass is 10.2. The van der Waals surface area contributed by atoms with Gasteiger partial charge in [-0.2, -0.15) is 0 Å². The number of halogens is 1. The summed E-state index contributed by atoms with van der Waals surface area (Å²) in [7, 11) is 0. The first-order valence-corrected chi connectivity index (χ1v) is 5.68. The Morgan fingerprint density at radius 3 is 2.58 bits per heavy atom. The molecular weight excluding hydrogens is 266 g/mol. The Labute approximate surface area is 114 Å². The summed E-state index contributed by atoms with van der Waals surface area (Å²) in [5.41, 5.74) is 9.19. The molecule has 0 aliphatic carbocycles. The minimum Gasteiger partial charge on any atom is -0.457 e. The van der Waals surface area contributed by atoms with Gasteiger partial charge in [0.15, 0.2) is 6.29 Å². The van der Waals surface area contributed by atoms with Crippen LogP contribution in [0.4, 0.5) is 5.69 Å². The molecule has 0 amide bonds. The van der Waals surface area contributed by atoms with E-state index < -0.39 is 0 Å². The summed E-state index contributed by atoms with van der Waals surface area (Å²) in [6, 6.07) is 11.3. The Morgan fingerprint density at radius 1 is 1.21 bits per heavy atom. The van der Waals surface area contributed by atoms with Gasteiger partial charge in [-0.05, 0) is 41.9 Å². The van der Waals surface area contributed by atoms with Crippen molar-refractivity contribution in [1.29, 1.82) is 0 Å². The van der Waals surface area contributed by atoms with Gasteiger partial charge in [-0.1, -0.05) is 16.7 Å². The number of carbonyl (C=O) groups excluding carboxylic acids is 1. The fraction of sp³-hybridized carbons (Fsp3) is 0. The Morgan fingerprint density at radius 2 is 1.95 bits per heavy atom. The number of azide groups is 1. The van der Waals surface area contributed by atoms with E-state index in [4.69, 9.17) is 21.9 Å². The van der Waals surface area contributed by atoms with Crippen molar-refractivity contribution in [3.63, 3.8) is 0 Å². The summed E-state index contributed by atoms with van der Waals surface area (Å²) in [6.45, 7) is 0. The molecule has 94 valence electrons. The zero-order valence-electron chi connectivity index (χ0n) is 9.65. The number of rotatable bonds is 4. The molecular formula is C13H8ClN3O2. The molecule has 6 heteroatoms. The average Bonchev–Trinajstić information content (AvgIpc) is 2.42. The summed E-state index contributed by atoms with van der Waals surface area (Å²) in [5.74, 6) is 0.890. The van der Waals surface area contributed by atoms with E-state index >= 15 is 0 Å². The van der Waals surface area contributed by atoms with Crippen LogP contribution in [-0.4, -0.2) is 6.29 Å². The highest BCUT2D eigenvalue weighted by molar-refractivity contribution is 6.30. The van der Waals surface area contributed by atoms with Crippen LogP contribution >= 0.6 is 11.6 Å². The predicted octanol–water partition coefficient (Wildman–Crippen LogP) is 4.89. The van der Waals surface area contributed by atoms with E-state index in [9.17, 15) is 4.79 Å². The summed E-state index contributed by atoms with van der Waals surface area (Å²) in [6.07, 6.45) is 0.694. The second-order valence-corrected chi connectivity index (χ2v) is 4.02. The zero-order valence-corrected chi connectivity index (χ0v) is 10.4. The molecule has 0 bridgehead atoms. The van der Waals surface area contributed by atoms with E-state index in [0.717, 1.165) is 0 Å². The minimum absolute atomic E-state index is 0.374. The average molecular weight is 274 g/mol. The van der Waals surface area contributed by atoms with Gasteiger partial charge < -0.3 is 4.74 Å². The number of hydrogen-bond donors (Lipinski definition) is 0. The van der Waals surface area contributed by atoms with Crippen molar-refractivity contribution in [1.82, 2.24) is 0 Å². The molecule has 0 spiro atoms. The quantitative estimate of drug-likeness (QED) is 0.344. The van der Waals surface area contributed by atoms with Gasteiger partial charge in [-0.25, -0.2) is 0 Å². The maximum atomic E-state index is 10.9. The Hall–Kier alpha value is -2.49. The third-order valence-electron chi connectivity index (χ3n) is 2.33. The van der Waals surface area contributed by atoms with Crippen LogP contribution in [0.15, 0.2) is 47.6 Å². The highest BCUT2D eigenvalue weighted by Gasteiger charge is 2.05. The minimum atomic E-state index is 0.374. The van der Waals surface area contributed by atoms with Crippen molar-refractivity contribution in [2.75, 3.05) is 0 Å². The number of ether oxygens (including phenoxy) is 1. The Bertz CT molecular complexity index is 649. The number of carbonyl (C=O) groups is 1. The second kappa shape index (κ2) is 5.91. The molecule has 0 saturated heterocycles. The molecule has 0 atom stereocenters. The van der Waals surface area contributed by atoms with Crippen molar-refractivity contribution in [3.05, 3.63) is 63.5 Å². The van der Waals surface area contributed by atoms with Crippen LogP contribution in [0.2, 0.25) is 5.02 Å². The normalized spacial score (nSPS) is 9.53. The Balaban J connectivity index is 2.27. The van der Waals surface area contributed by atoms with Crippen LogP contribution in [0, 0.1) is 0 Å². The molecule has 0 saturated carbocycles. The maximum Gasteiger partial charge on any atom is 0.153 e. The van der Waals surface area contributed by atoms with E-state index in [-0.39, 0.29) is 0 Å². The fourth-order valence-corrected chi connectivity index (χ4v) is 1.62. The van der Waals surface area contributed by atoms with Crippen molar-refractivity contribution in [2.24, 2.45) is 5.11 Å². The molecule has 0 aliphatic heterocycles. The zero-order chi connectivity index (χ0) is 13.7. The van der Waals surface area contributed by atoms with Gasteiger partial charge in [-0.15, -0.1) is 0 Å². The summed E-state index contributed by atoms with van der Waals surface area (Å²) in [5, 5.41) is 3.93. The lowest BCUT2D eigenvalue weighted by Gasteiger charge is -2.08. The molecule has 0 radical (unpaired) electrons. The van der Waals surface area contributed by atoms with Crippen molar-refractivity contribution >= 4 is 23.6 Å². The molecule has 2 rings (SSSR count). The van der Waals surface area contributed by atoms with Crippen molar-refractivity contribution in [2.45, 2.75) is 0 Å². The van der Waals surface area contributed by atoms with E-state index in [1.165, 1.54) is 0 Å². The molecule has 0 unspecified atom stereocenters. The number of benzene rings is 2. The lowest BCUT2D eigenvalue weighted by molar-refractivity contribution is 0.112. The van der Waals surface area contributed by atoms with Crippen LogP contribution in [-0.2, 0) is 0 Å². The molecule has 0 fully saturated rings. The van der Waals surface area contributed by atoms with Crippen LogP contribution in [0.1, 0.15) is 10.4 Å². The summed E-state index contributed by atoms with van der Waals surface area (Å²) in [4.78, 5) is 13.6. The van der Waals surface area contributed by atoms with Crippen molar-refractivity contribution in [3.8, 4) is 11.5 Å². The second-order valence-electron chi connectivity index (χ2n) is 3.59. The van der Waals surface area contributed by atoms with E-state index in [1.54, 1.807) is 42.5 Å². The van der Waals surface area contributed by atoms with Crippen LogP contribution in [0.3, 0.4) is 0 Å². The monoisotopic (exact) mass is 273 g/mol. The van der Waals surface area contributed by atoms with Crippen LogP contribution in [0.5, 0.6) is 11.5 Å². The summed E-state index contributed by atoms with van der Waals surface area (Å²) < 4.78 is 5.56. The third kappa shape index (κ3) is 3.25. The number of hydrogen-bond acceptors (Lipinski definition) is 3. The maximum absolute atomic E-state index is 10.9. The molecule has 0 aliphatic rings. The molecule has 19 heavy (non-hydrogen) atoms. The summed E-state index contributed by atoms with van der Waals surface area (Å²) >= 11 is 5.86. The fourth-order valence-electron chi connectivity index (χ4n) is 1.45. The van der Waals surface area contributed by atoms with E-state index in [2.05, 4.69) is 10.0 Å². The van der Waals surface area contributed by atoms with Gasteiger partial charge in [-0.3, -0.25) is 4.79 Å². The highest BCUT2D eigenvalue weighted by Crippen LogP contribution is 2.28. The Kier molecular flexibility index (Phi) is 4.03. The molecule has 5 nitrogen and oxygen atoms in total. The van der Waals surface area contributed by atoms with Gasteiger partial charge in [0.2, 0.25) is 0 Å². The smallest absolute Gasteiger partial charge is 0.153 e. The van der Waals surface area contributed by atoms with Gasteiger partial charge in [0, 0.05) is 21.7 Å². The predicted molar refractivity (Wildman–Crippen MR) is 72.2 cm³/mol. The topological polar surface area (TPSA) is 75.1 Å². The van der Waals surface area contributed by atoms with Gasteiger partial charge in [0.1, 0.15) is 11.5 Å². The SMILES string of the molecule is [N-]=[N+]=Nc1ccc(Oc2cc(Cl)ccc2C=O)cc1. The van der Waals surface area contributed by atoms with E-state index in [0.29, 0.717) is 34.1 Å². The lowest BCUT2D eigenvalue weighted by Crippen LogP contribution is -1.90. The molecule has 0 heterocycles. The standard InChI is InChI=1S/C13H8ClN3O2/c14-10-2-1-9(8-18)13(7-10)19-12-5-3-11(4-6-12)16-17-15/h1-8H. The molecule has 0 N–H and O–H groups in total. The van der Waals surface area contributed by atoms with Crippen LogP contribution < -0.4 is 4.74 Å². The first kappa shape index (κ1) is 13.0. The van der Waals surface area contributed by atoms with Gasteiger partial charge >= 0.3 is 0 Å². The van der Waals surface area contributed by atoms with E-state index in [1.807, 2.05) is 0 Å². The third-order valence-corrected chi connectivity index (χ3v) is 2.56. The number of nitrogens with zero attached hydrogens (tertiary/aromatic N) is 3. The first-order valence-electron chi connectivity index (χ1n) is 5.30. The highest BCUT2D eigenvalue weighted by atomic mass is 35.5. The molecule has 0 aromatic heterocycles.